The lowest BCUT2D eigenvalue weighted by atomic mass is 10.3. The number of nitrogens with one attached hydrogen (secondary N) is 1. The highest BCUT2D eigenvalue weighted by Crippen LogP contribution is 2.26. The van der Waals surface area contributed by atoms with Gasteiger partial charge in [-0.3, -0.25) is 4.79 Å². The van der Waals surface area contributed by atoms with Gasteiger partial charge in [-0.05, 0) is 30.3 Å². The number of nitrogens with zero attached hydrogens (tertiary/aromatic N) is 3. The van der Waals surface area contributed by atoms with Crippen LogP contribution in [0.1, 0.15) is 0 Å². The maximum atomic E-state index is 11.5. The Kier molecular flexibility index (Phi) is 3.77. The van der Waals surface area contributed by atoms with Gasteiger partial charge in [-0.15, -0.1) is 5.11 Å². The normalized spacial score (nSPS) is 10.4. The molecule has 7 heteroatoms. The van der Waals surface area contributed by atoms with E-state index in [-0.39, 0.29) is 11.4 Å². The fraction of sp³-hybridized carbons (Fsp3) is 0.0769. The zero-order chi connectivity index (χ0) is 14.5. The number of rotatable bonds is 3. The molecule has 0 spiro atoms. The number of methoxy groups -OCH3 is 1. The van der Waals surface area contributed by atoms with Crippen LogP contribution in [0.25, 0.3) is 4.85 Å². The number of pyridine rings is 1. The van der Waals surface area contributed by atoms with Crippen LogP contribution in [0.5, 0.6) is 11.6 Å². The number of azo groups is 1. The maximum Gasteiger partial charge on any atom is 0.276 e. The summed E-state index contributed by atoms with van der Waals surface area (Å²) < 4.78 is 5.01. The summed E-state index contributed by atoms with van der Waals surface area (Å²) in [5, 5.41) is 17.0. The van der Waals surface area contributed by atoms with Crippen molar-refractivity contribution in [3.05, 3.63) is 52.1 Å². The first-order chi connectivity index (χ1) is 9.63. The van der Waals surface area contributed by atoms with Crippen molar-refractivity contribution in [1.82, 2.24) is 4.98 Å². The monoisotopic (exact) mass is 270 g/mol. The van der Waals surface area contributed by atoms with E-state index in [0.717, 1.165) is 0 Å². The Labute approximate surface area is 114 Å². The molecule has 1 heterocycles. The summed E-state index contributed by atoms with van der Waals surface area (Å²) in [6, 6.07) is 7.94. The molecule has 0 saturated carbocycles. The van der Waals surface area contributed by atoms with E-state index in [1.54, 1.807) is 31.4 Å². The van der Waals surface area contributed by atoms with Crippen molar-refractivity contribution >= 4 is 17.1 Å². The lowest BCUT2D eigenvalue weighted by Crippen LogP contribution is -2.03. The van der Waals surface area contributed by atoms with Crippen LogP contribution < -0.4 is 10.3 Å². The molecule has 0 aliphatic rings. The third kappa shape index (κ3) is 2.81. The van der Waals surface area contributed by atoms with Gasteiger partial charge in [0, 0.05) is 0 Å². The first kappa shape index (κ1) is 13.3. The van der Waals surface area contributed by atoms with Crippen LogP contribution in [-0.2, 0) is 0 Å². The summed E-state index contributed by atoms with van der Waals surface area (Å²) in [6.07, 6.45) is 0. The minimum atomic E-state index is -0.618. The molecule has 0 radical (unpaired) electrons. The zero-order valence-electron chi connectivity index (χ0n) is 10.5. The van der Waals surface area contributed by atoms with Crippen LogP contribution >= 0.6 is 0 Å². The standard InChI is InChI=1S/C13H10N4O3/c1-14-10-7-11(13(19)15-12(10)18)17-16-8-3-5-9(20-2)6-4-8/h3-7H,2H3,(H2,15,18,19). The van der Waals surface area contributed by atoms with E-state index in [9.17, 15) is 9.90 Å². The molecular formula is C13H10N4O3. The molecule has 0 saturated heterocycles. The van der Waals surface area contributed by atoms with Crippen molar-refractivity contribution in [3.8, 4) is 11.6 Å². The molecule has 0 fully saturated rings. The number of hydrogen-bond donors (Lipinski definition) is 2. The fourth-order valence-corrected chi connectivity index (χ4v) is 1.42. The maximum absolute atomic E-state index is 11.5. The average Bonchev–Trinajstić information content (AvgIpc) is 2.47. The summed E-state index contributed by atoms with van der Waals surface area (Å²) in [5.74, 6) is 0.204. The van der Waals surface area contributed by atoms with Crippen molar-refractivity contribution in [2.45, 2.75) is 0 Å². The van der Waals surface area contributed by atoms with Crippen molar-refractivity contribution in [2.24, 2.45) is 10.2 Å². The summed E-state index contributed by atoms with van der Waals surface area (Å²) in [7, 11) is 1.55. The van der Waals surface area contributed by atoms with Crippen molar-refractivity contribution in [2.75, 3.05) is 7.11 Å². The molecule has 20 heavy (non-hydrogen) atoms. The molecule has 0 aliphatic heterocycles. The molecule has 2 aromatic rings. The molecule has 1 aromatic carbocycles. The number of aromatic hydroxyl groups is 1. The van der Waals surface area contributed by atoms with E-state index in [1.165, 1.54) is 6.07 Å². The topological polar surface area (TPSA) is 91.4 Å². The van der Waals surface area contributed by atoms with E-state index < -0.39 is 11.4 Å². The van der Waals surface area contributed by atoms with Crippen LogP contribution in [-0.4, -0.2) is 17.2 Å². The van der Waals surface area contributed by atoms with Crippen LogP contribution in [0.15, 0.2) is 45.4 Å². The number of ether oxygens (including phenoxy) is 1. The Morgan fingerprint density at radius 3 is 2.60 bits per heavy atom. The molecule has 0 aliphatic carbocycles. The molecule has 0 atom stereocenters. The largest absolute Gasteiger partial charge is 0.503 e. The summed E-state index contributed by atoms with van der Waals surface area (Å²) in [6.45, 7) is 6.85. The first-order valence-electron chi connectivity index (χ1n) is 5.53. The van der Waals surface area contributed by atoms with Gasteiger partial charge in [0.1, 0.15) is 11.4 Å². The van der Waals surface area contributed by atoms with Gasteiger partial charge >= 0.3 is 0 Å². The van der Waals surface area contributed by atoms with Gasteiger partial charge in [-0.25, -0.2) is 4.85 Å². The van der Waals surface area contributed by atoms with Gasteiger partial charge in [-0.1, -0.05) is 0 Å². The van der Waals surface area contributed by atoms with Crippen LogP contribution in [0, 0.1) is 6.57 Å². The molecule has 100 valence electrons. The Balaban J connectivity index is 2.31. The second-order valence-electron chi connectivity index (χ2n) is 3.73. The number of H-pyrrole nitrogens is 1. The predicted octanol–water partition coefficient (Wildman–Crippen LogP) is 3.06. The minimum Gasteiger partial charge on any atom is -0.503 e. The lowest BCUT2D eigenvalue weighted by molar-refractivity contribution is 0.415. The van der Waals surface area contributed by atoms with Crippen LogP contribution in [0.3, 0.4) is 0 Å². The first-order valence-corrected chi connectivity index (χ1v) is 5.53. The van der Waals surface area contributed by atoms with Gasteiger partial charge in [0.05, 0.1) is 19.4 Å². The fourth-order valence-electron chi connectivity index (χ4n) is 1.42. The number of hydrogen-bond acceptors (Lipinski definition) is 5. The zero-order valence-corrected chi connectivity index (χ0v) is 10.5. The molecule has 1 aromatic heterocycles. The van der Waals surface area contributed by atoms with Gasteiger partial charge in [0.25, 0.3) is 5.56 Å². The van der Waals surface area contributed by atoms with Crippen molar-refractivity contribution in [1.29, 1.82) is 0 Å². The Morgan fingerprint density at radius 2 is 2.00 bits per heavy atom. The molecule has 0 bridgehead atoms. The molecule has 7 nitrogen and oxygen atoms in total. The lowest BCUT2D eigenvalue weighted by Gasteiger charge is -1.99. The molecule has 2 rings (SSSR count). The smallest absolute Gasteiger partial charge is 0.276 e. The third-order valence-electron chi connectivity index (χ3n) is 2.45. The SMILES string of the molecule is [C-]#[N+]c1cc(N=Nc2ccc(OC)cc2)c(=O)[nH]c1O. The van der Waals surface area contributed by atoms with Crippen LogP contribution in [0.2, 0.25) is 0 Å². The summed E-state index contributed by atoms with van der Waals surface area (Å²) in [5.41, 5.74) is -0.229. The Hall–Kier alpha value is -3.14. The molecular weight excluding hydrogens is 260 g/mol. The van der Waals surface area contributed by atoms with E-state index in [1.807, 2.05) is 0 Å². The molecule has 2 N–H and O–H groups in total. The number of benzene rings is 1. The average molecular weight is 270 g/mol. The van der Waals surface area contributed by atoms with Gasteiger partial charge < -0.3 is 14.8 Å². The number of aromatic nitrogens is 1. The highest BCUT2D eigenvalue weighted by atomic mass is 16.5. The van der Waals surface area contributed by atoms with Crippen LogP contribution in [0.4, 0.5) is 17.1 Å². The third-order valence-corrected chi connectivity index (χ3v) is 2.45. The highest BCUT2D eigenvalue weighted by Gasteiger charge is 2.06. The second kappa shape index (κ2) is 5.67. The van der Waals surface area contributed by atoms with E-state index in [2.05, 4.69) is 20.1 Å². The van der Waals surface area contributed by atoms with E-state index in [4.69, 9.17) is 11.3 Å². The van der Waals surface area contributed by atoms with Crippen molar-refractivity contribution in [3.63, 3.8) is 0 Å². The van der Waals surface area contributed by atoms with Gasteiger partial charge in [0.2, 0.25) is 5.69 Å². The van der Waals surface area contributed by atoms with E-state index in [0.29, 0.717) is 11.4 Å². The minimum absolute atomic E-state index is 0.0513. The summed E-state index contributed by atoms with van der Waals surface area (Å²) in [4.78, 5) is 16.7. The highest BCUT2D eigenvalue weighted by molar-refractivity contribution is 5.59. The quantitative estimate of drug-likeness (QED) is 0.663. The summed E-state index contributed by atoms with van der Waals surface area (Å²) >= 11 is 0. The van der Waals surface area contributed by atoms with Gasteiger partial charge in [0.15, 0.2) is 5.88 Å². The van der Waals surface area contributed by atoms with E-state index >= 15 is 0 Å². The second-order valence-corrected chi connectivity index (χ2v) is 3.73. The Morgan fingerprint density at radius 1 is 1.30 bits per heavy atom. The van der Waals surface area contributed by atoms with Gasteiger partial charge in [-0.2, -0.15) is 5.11 Å². The molecule has 0 unspecified atom stereocenters. The van der Waals surface area contributed by atoms with Crippen molar-refractivity contribution < 1.29 is 9.84 Å². The predicted molar refractivity (Wildman–Crippen MR) is 72.2 cm³/mol. The number of aromatic amines is 1. The molecule has 0 amide bonds. The Bertz CT molecular complexity index is 742.